The van der Waals surface area contributed by atoms with Crippen molar-refractivity contribution in [1.29, 1.82) is 0 Å². The van der Waals surface area contributed by atoms with Gasteiger partial charge in [0.25, 0.3) is 5.91 Å². The van der Waals surface area contributed by atoms with Crippen LogP contribution in [0.3, 0.4) is 0 Å². The molecule has 0 bridgehead atoms. The van der Waals surface area contributed by atoms with Gasteiger partial charge in [0.1, 0.15) is 17.2 Å². The highest BCUT2D eigenvalue weighted by molar-refractivity contribution is 7.22. The fraction of sp³-hybridized carbons (Fsp3) is 0.300. The lowest BCUT2D eigenvalue weighted by atomic mass is 10.1. The van der Waals surface area contributed by atoms with Gasteiger partial charge in [-0.15, -0.1) is 0 Å². The Morgan fingerprint density at radius 3 is 2.37 bits per heavy atom. The standard InChI is InChI=1S/C20H21F2N3OS/c1-13-7-4-10-16-18(13)23-20(27-16)25(12-6-11-24(2)3)19(26)17-14(21)8-5-9-15(17)22/h4-5,7-10H,6,11-12H2,1-3H3. The molecule has 0 fully saturated rings. The summed E-state index contributed by atoms with van der Waals surface area (Å²) >= 11 is 1.35. The lowest BCUT2D eigenvalue weighted by molar-refractivity contribution is 0.0978. The van der Waals surface area contributed by atoms with Gasteiger partial charge in [-0.3, -0.25) is 9.69 Å². The molecular weight excluding hydrogens is 368 g/mol. The van der Waals surface area contributed by atoms with Crippen molar-refractivity contribution < 1.29 is 13.6 Å². The molecule has 1 heterocycles. The molecule has 27 heavy (non-hydrogen) atoms. The molecule has 0 aliphatic heterocycles. The number of carbonyl (C=O) groups is 1. The van der Waals surface area contributed by atoms with Gasteiger partial charge in [-0.2, -0.15) is 0 Å². The average molecular weight is 389 g/mol. The number of hydrogen-bond acceptors (Lipinski definition) is 4. The van der Waals surface area contributed by atoms with Crippen LogP contribution >= 0.6 is 11.3 Å². The van der Waals surface area contributed by atoms with Crippen LogP contribution in [0.15, 0.2) is 36.4 Å². The normalized spacial score (nSPS) is 11.3. The van der Waals surface area contributed by atoms with Gasteiger partial charge in [0.05, 0.1) is 10.2 Å². The molecule has 0 unspecified atom stereocenters. The third-order valence-electron chi connectivity index (χ3n) is 4.25. The smallest absolute Gasteiger partial charge is 0.266 e. The fourth-order valence-corrected chi connectivity index (χ4v) is 3.92. The zero-order valence-corrected chi connectivity index (χ0v) is 16.3. The number of nitrogens with zero attached hydrogens (tertiary/aromatic N) is 3. The number of aryl methyl sites for hydroxylation is 1. The molecule has 142 valence electrons. The number of hydrogen-bond donors (Lipinski definition) is 0. The molecule has 2 aromatic carbocycles. The second kappa shape index (κ2) is 8.10. The van der Waals surface area contributed by atoms with Crippen LogP contribution in [0.25, 0.3) is 10.2 Å². The van der Waals surface area contributed by atoms with Crippen LogP contribution < -0.4 is 4.90 Å². The van der Waals surface area contributed by atoms with Crippen molar-refractivity contribution >= 4 is 32.6 Å². The lowest BCUT2D eigenvalue weighted by Gasteiger charge is -2.21. The van der Waals surface area contributed by atoms with Gasteiger partial charge in [0, 0.05) is 6.54 Å². The van der Waals surface area contributed by atoms with Crippen molar-refractivity contribution in [3.63, 3.8) is 0 Å². The molecule has 4 nitrogen and oxygen atoms in total. The van der Waals surface area contributed by atoms with Crippen LogP contribution in [0.5, 0.6) is 0 Å². The van der Waals surface area contributed by atoms with Gasteiger partial charge >= 0.3 is 0 Å². The van der Waals surface area contributed by atoms with E-state index < -0.39 is 23.1 Å². The Hall–Kier alpha value is -2.38. The summed E-state index contributed by atoms with van der Waals surface area (Å²) in [6.45, 7) is 3.01. The van der Waals surface area contributed by atoms with Crippen molar-refractivity contribution in [2.75, 3.05) is 32.1 Å². The second-order valence-electron chi connectivity index (χ2n) is 6.63. The summed E-state index contributed by atoms with van der Waals surface area (Å²) in [4.78, 5) is 21.0. The van der Waals surface area contributed by atoms with E-state index in [-0.39, 0.29) is 0 Å². The van der Waals surface area contributed by atoms with Gasteiger partial charge in [0.2, 0.25) is 0 Å². The molecule has 0 radical (unpaired) electrons. The number of anilines is 1. The minimum Gasteiger partial charge on any atom is -0.309 e. The first-order chi connectivity index (χ1) is 12.9. The van der Waals surface area contributed by atoms with E-state index in [1.807, 2.05) is 44.1 Å². The fourth-order valence-electron chi connectivity index (χ4n) is 2.86. The van der Waals surface area contributed by atoms with E-state index in [0.29, 0.717) is 18.1 Å². The molecule has 7 heteroatoms. The number of carbonyl (C=O) groups excluding carboxylic acids is 1. The molecule has 3 rings (SSSR count). The average Bonchev–Trinajstić information content (AvgIpc) is 3.03. The Morgan fingerprint density at radius 2 is 1.74 bits per heavy atom. The molecule has 0 aliphatic carbocycles. The SMILES string of the molecule is Cc1cccc2sc(N(CCCN(C)C)C(=O)c3c(F)cccc3F)nc12. The van der Waals surface area contributed by atoms with Crippen molar-refractivity contribution in [3.8, 4) is 0 Å². The third kappa shape index (κ3) is 4.14. The van der Waals surface area contributed by atoms with Crippen molar-refractivity contribution in [3.05, 3.63) is 59.2 Å². The molecule has 0 aliphatic rings. The molecule has 0 spiro atoms. The first-order valence-electron chi connectivity index (χ1n) is 8.65. The van der Waals surface area contributed by atoms with Gasteiger partial charge in [0.15, 0.2) is 5.13 Å². The van der Waals surface area contributed by atoms with Gasteiger partial charge < -0.3 is 4.90 Å². The first kappa shape index (κ1) is 19.4. The summed E-state index contributed by atoms with van der Waals surface area (Å²) in [6.07, 6.45) is 0.656. The van der Waals surface area contributed by atoms with Crippen LogP contribution in [0.2, 0.25) is 0 Å². The highest BCUT2D eigenvalue weighted by atomic mass is 32.1. The van der Waals surface area contributed by atoms with Gasteiger partial charge in [-0.05, 0) is 57.7 Å². The number of amides is 1. The quantitative estimate of drug-likeness (QED) is 0.624. The summed E-state index contributed by atoms with van der Waals surface area (Å²) < 4.78 is 29.3. The molecule has 3 aromatic rings. The number of halogens is 2. The number of benzene rings is 2. The predicted octanol–water partition coefficient (Wildman–Crippen LogP) is 4.48. The van der Waals surface area contributed by atoms with Crippen LogP contribution in [0.4, 0.5) is 13.9 Å². The Balaban J connectivity index is 2.02. The van der Waals surface area contributed by atoms with E-state index in [1.165, 1.54) is 22.3 Å². The number of aromatic nitrogens is 1. The number of rotatable bonds is 6. The number of fused-ring (bicyclic) bond motifs is 1. The Labute approximate surface area is 161 Å². The minimum atomic E-state index is -0.866. The maximum atomic E-state index is 14.2. The summed E-state index contributed by atoms with van der Waals surface area (Å²) in [7, 11) is 3.87. The van der Waals surface area contributed by atoms with Crippen LogP contribution in [0.1, 0.15) is 22.3 Å². The Morgan fingerprint density at radius 1 is 1.07 bits per heavy atom. The zero-order valence-electron chi connectivity index (χ0n) is 15.5. The lowest BCUT2D eigenvalue weighted by Crippen LogP contribution is -2.34. The molecule has 0 saturated carbocycles. The maximum Gasteiger partial charge on any atom is 0.266 e. The Bertz CT molecular complexity index is 951. The minimum absolute atomic E-state index is 0.323. The monoisotopic (exact) mass is 389 g/mol. The third-order valence-corrected chi connectivity index (χ3v) is 5.29. The molecule has 1 amide bonds. The van der Waals surface area contributed by atoms with E-state index in [4.69, 9.17) is 0 Å². The van der Waals surface area contributed by atoms with Crippen molar-refractivity contribution in [1.82, 2.24) is 9.88 Å². The Kier molecular flexibility index (Phi) is 5.82. The van der Waals surface area contributed by atoms with Crippen molar-refractivity contribution in [2.45, 2.75) is 13.3 Å². The van der Waals surface area contributed by atoms with Gasteiger partial charge in [-0.1, -0.05) is 29.5 Å². The van der Waals surface area contributed by atoms with E-state index >= 15 is 0 Å². The summed E-state index contributed by atoms with van der Waals surface area (Å²) in [5.74, 6) is -2.44. The van der Waals surface area contributed by atoms with Crippen LogP contribution in [-0.2, 0) is 0 Å². The topological polar surface area (TPSA) is 36.4 Å². The van der Waals surface area contributed by atoms with Gasteiger partial charge in [-0.25, -0.2) is 13.8 Å². The van der Waals surface area contributed by atoms with E-state index in [2.05, 4.69) is 4.98 Å². The van der Waals surface area contributed by atoms with Crippen LogP contribution in [-0.4, -0.2) is 43.0 Å². The number of para-hydroxylation sites is 1. The second-order valence-corrected chi connectivity index (χ2v) is 7.64. The van der Waals surface area contributed by atoms with E-state index in [0.717, 1.165) is 34.5 Å². The molecule has 0 N–H and O–H groups in total. The summed E-state index contributed by atoms with van der Waals surface area (Å²) in [5, 5.41) is 0.450. The maximum absolute atomic E-state index is 14.2. The van der Waals surface area contributed by atoms with Crippen molar-refractivity contribution in [2.24, 2.45) is 0 Å². The van der Waals surface area contributed by atoms with E-state index in [1.54, 1.807) is 0 Å². The molecule has 0 saturated heterocycles. The first-order valence-corrected chi connectivity index (χ1v) is 9.47. The summed E-state index contributed by atoms with van der Waals surface area (Å²) in [6, 6.07) is 9.23. The molecule has 0 atom stereocenters. The zero-order chi connectivity index (χ0) is 19.6. The van der Waals surface area contributed by atoms with E-state index in [9.17, 15) is 13.6 Å². The number of thiazole rings is 1. The molecular formula is C20H21F2N3OS. The highest BCUT2D eigenvalue weighted by Crippen LogP contribution is 2.32. The summed E-state index contributed by atoms with van der Waals surface area (Å²) in [5.41, 5.74) is 1.25. The molecule has 1 aromatic heterocycles. The highest BCUT2D eigenvalue weighted by Gasteiger charge is 2.26. The largest absolute Gasteiger partial charge is 0.309 e. The van der Waals surface area contributed by atoms with Crippen LogP contribution in [0, 0.1) is 18.6 Å². The predicted molar refractivity (Wildman–Crippen MR) is 106 cm³/mol.